The maximum Gasteiger partial charge on any atom is 0.0679 e. The molecule has 1 aromatic rings. The summed E-state index contributed by atoms with van der Waals surface area (Å²) in [5.41, 5.74) is 3.00. The standard InChI is InChI=1S/C15H23NO/c1-15(2,3)14-7-5-4-6-12(14)10-16-9-8-13(17)11-16/h4-7,13,17H,8-11H2,1-3H3/t13-/m0/s1. The SMILES string of the molecule is CC(C)(C)c1ccccc1CN1CC[C@H](O)C1. The number of aliphatic hydroxyl groups is 1. The van der Waals surface area contributed by atoms with Crippen molar-refractivity contribution in [3.05, 3.63) is 35.4 Å². The van der Waals surface area contributed by atoms with Crippen LogP contribution < -0.4 is 0 Å². The zero-order valence-corrected chi connectivity index (χ0v) is 11.1. The van der Waals surface area contributed by atoms with Crippen LogP contribution in [-0.2, 0) is 12.0 Å². The Hall–Kier alpha value is -0.860. The normalized spacial score (nSPS) is 22.0. The summed E-state index contributed by atoms with van der Waals surface area (Å²) in [4.78, 5) is 2.34. The van der Waals surface area contributed by atoms with Gasteiger partial charge in [0.1, 0.15) is 0 Å². The third-order valence-corrected chi connectivity index (χ3v) is 3.47. The molecule has 1 aliphatic heterocycles. The smallest absolute Gasteiger partial charge is 0.0679 e. The van der Waals surface area contributed by atoms with E-state index >= 15 is 0 Å². The number of benzene rings is 1. The lowest BCUT2D eigenvalue weighted by atomic mass is 9.83. The molecule has 94 valence electrons. The Morgan fingerprint density at radius 1 is 1.29 bits per heavy atom. The fourth-order valence-corrected chi connectivity index (χ4v) is 2.59. The summed E-state index contributed by atoms with van der Waals surface area (Å²) in [6, 6.07) is 8.66. The summed E-state index contributed by atoms with van der Waals surface area (Å²) in [7, 11) is 0. The second kappa shape index (κ2) is 4.79. The van der Waals surface area contributed by atoms with Crippen LogP contribution in [-0.4, -0.2) is 29.2 Å². The Morgan fingerprint density at radius 2 is 2.00 bits per heavy atom. The summed E-state index contributed by atoms with van der Waals surface area (Å²) < 4.78 is 0. The average molecular weight is 233 g/mol. The Kier molecular flexibility index (Phi) is 3.55. The molecule has 1 N–H and O–H groups in total. The van der Waals surface area contributed by atoms with Crippen molar-refractivity contribution in [2.45, 2.75) is 45.3 Å². The summed E-state index contributed by atoms with van der Waals surface area (Å²) in [6.45, 7) is 9.56. The molecule has 0 bridgehead atoms. The van der Waals surface area contributed by atoms with Gasteiger partial charge in [-0.1, -0.05) is 45.0 Å². The van der Waals surface area contributed by atoms with E-state index < -0.39 is 0 Å². The first kappa shape index (κ1) is 12.6. The maximum absolute atomic E-state index is 9.57. The Balaban J connectivity index is 2.15. The zero-order chi connectivity index (χ0) is 12.5. The van der Waals surface area contributed by atoms with Crippen LogP contribution in [0.1, 0.15) is 38.3 Å². The van der Waals surface area contributed by atoms with Gasteiger partial charge in [0.15, 0.2) is 0 Å². The van der Waals surface area contributed by atoms with Gasteiger partial charge in [0.2, 0.25) is 0 Å². The van der Waals surface area contributed by atoms with Crippen molar-refractivity contribution in [1.29, 1.82) is 0 Å². The lowest BCUT2D eigenvalue weighted by Crippen LogP contribution is -2.24. The summed E-state index contributed by atoms with van der Waals surface area (Å²) in [5, 5.41) is 9.57. The second-order valence-electron chi connectivity index (χ2n) is 6.08. The molecule has 0 unspecified atom stereocenters. The van der Waals surface area contributed by atoms with E-state index in [4.69, 9.17) is 0 Å². The molecule has 1 heterocycles. The van der Waals surface area contributed by atoms with E-state index in [9.17, 15) is 5.11 Å². The molecule has 17 heavy (non-hydrogen) atoms. The summed E-state index contributed by atoms with van der Waals surface area (Å²) in [5.74, 6) is 0. The van der Waals surface area contributed by atoms with E-state index in [-0.39, 0.29) is 11.5 Å². The summed E-state index contributed by atoms with van der Waals surface area (Å²) >= 11 is 0. The summed E-state index contributed by atoms with van der Waals surface area (Å²) in [6.07, 6.45) is 0.786. The largest absolute Gasteiger partial charge is 0.392 e. The first-order chi connectivity index (χ1) is 7.97. The number of nitrogens with zero attached hydrogens (tertiary/aromatic N) is 1. The van der Waals surface area contributed by atoms with Gasteiger partial charge >= 0.3 is 0 Å². The van der Waals surface area contributed by atoms with E-state index in [0.717, 1.165) is 26.1 Å². The van der Waals surface area contributed by atoms with Crippen LogP contribution in [0.15, 0.2) is 24.3 Å². The number of aliphatic hydroxyl groups excluding tert-OH is 1. The fraction of sp³-hybridized carbons (Fsp3) is 0.600. The van der Waals surface area contributed by atoms with E-state index in [1.807, 2.05) is 0 Å². The molecule has 0 aromatic heterocycles. The van der Waals surface area contributed by atoms with Crippen molar-refractivity contribution in [1.82, 2.24) is 4.90 Å². The van der Waals surface area contributed by atoms with Gasteiger partial charge in [0, 0.05) is 19.6 Å². The van der Waals surface area contributed by atoms with Crippen LogP contribution in [0.25, 0.3) is 0 Å². The number of hydrogen-bond acceptors (Lipinski definition) is 2. The molecule has 1 fully saturated rings. The molecule has 1 atom stereocenters. The number of rotatable bonds is 2. The van der Waals surface area contributed by atoms with Gasteiger partial charge in [-0.25, -0.2) is 0 Å². The van der Waals surface area contributed by atoms with Gasteiger partial charge in [-0.15, -0.1) is 0 Å². The van der Waals surface area contributed by atoms with Gasteiger partial charge in [0.25, 0.3) is 0 Å². The Morgan fingerprint density at radius 3 is 2.59 bits per heavy atom. The molecule has 1 saturated heterocycles. The highest BCUT2D eigenvalue weighted by Crippen LogP contribution is 2.27. The predicted octanol–water partition coefficient (Wildman–Crippen LogP) is 2.55. The van der Waals surface area contributed by atoms with Crippen LogP contribution >= 0.6 is 0 Å². The molecule has 0 amide bonds. The maximum atomic E-state index is 9.57. The molecule has 0 spiro atoms. The Labute approximate surface area is 104 Å². The molecule has 2 heteroatoms. The molecule has 1 aromatic carbocycles. The quantitative estimate of drug-likeness (QED) is 0.848. The first-order valence-electron chi connectivity index (χ1n) is 6.45. The van der Waals surface area contributed by atoms with Crippen LogP contribution in [0.2, 0.25) is 0 Å². The van der Waals surface area contributed by atoms with E-state index in [1.165, 1.54) is 11.1 Å². The highest BCUT2D eigenvalue weighted by atomic mass is 16.3. The topological polar surface area (TPSA) is 23.5 Å². The number of β-amino-alcohol motifs (C(OH)–C–C–N with tert-alkyl or cyclic N) is 1. The van der Waals surface area contributed by atoms with Crippen molar-refractivity contribution in [2.24, 2.45) is 0 Å². The number of hydrogen-bond donors (Lipinski definition) is 1. The van der Waals surface area contributed by atoms with E-state index in [2.05, 4.69) is 49.9 Å². The van der Waals surface area contributed by atoms with Gasteiger partial charge in [-0.2, -0.15) is 0 Å². The first-order valence-corrected chi connectivity index (χ1v) is 6.45. The fourth-order valence-electron chi connectivity index (χ4n) is 2.59. The predicted molar refractivity (Wildman–Crippen MR) is 71.0 cm³/mol. The molecule has 0 radical (unpaired) electrons. The molecule has 1 aliphatic rings. The van der Waals surface area contributed by atoms with E-state index in [1.54, 1.807) is 0 Å². The molecule has 0 aliphatic carbocycles. The van der Waals surface area contributed by atoms with Gasteiger partial charge in [0.05, 0.1) is 6.10 Å². The van der Waals surface area contributed by atoms with Crippen LogP contribution in [0.4, 0.5) is 0 Å². The van der Waals surface area contributed by atoms with Crippen LogP contribution in [0.3, 0.4) is 0 Å². The van der Waals surface area contributed by atoms with Gasteiger partial charge < -0.3 is 5.11 Å². The highest BCUT2D eigenvalue weighted by molar-refractivity contribution is 5.32. The van der Waals surface area contributed by atoms with Crippen molar-refractivity contribution >= 4 is 0 Å². The molecule has 2 nitrogen and oxygen atoms in total. The minimum atomic E-state index is -0.128. The molecular formula is C15H23NO. The van der Waals surface area contributed by atoms with Gasteiger partial charge in [-0.05, 0) is 23.0 Å². The number of likely N-dealkylation sites (tertiary alicyclic amines) is 1. The Bertz CT molecular complexity index is 381. The zero-order valence-electron chi connectivity index (χ0n) is 11.1. The monoisotopic (exact) mass is 233 g/mol. The van der Waals surface area contributed by atoms with Crippen molar-refractivity contribution in [3.63, 3.8) is 0 Å². The van der Waals surface area contributed by atoms with Crippen molar-refractivity contribution < 1.29 is 5.11 Å². The van der Waals surface area contributed by atoms with Crippen molar-refractivity contribution in [2.75, 3.05) is 13.1 Å². The molecular weight excluding hydrogens is 210 g/mol. The average Bonchev–Trinajstić information content (AvgIpc) is 2.63. The van der Waals surface area contributed by atoms with E-state index in [0.29, 0.717) is 0 Å². The minimum Gasteiger partial charge on any atom is -0.392 e. The molecule has 0 saturated carbocycles. The lowest BCUT2D eigenvalue weighted by molar-refractivity contribution is 0.174. The minimum absolute atomic E-state index is 0.128. The van der Waals surface area contributed by atoms with Crippen LogP contribution in [0.5, 0.6) is 0 Å². The van der Waals surface area contributed by atoms with Gasteiger partial charge in [-0.3, -0.25) is 4.90 Å². The van der Waals surface area contributed by atoms with Crippen molar-refractivity contribution in [3.8, 4) is 0 Å². The molecule has 2 rings (SSSR count). The lowest BCUT2D eigenvalue weighted by Gasteiger charge is -2.25. The highest BCUT2D eigenvalue weighted by Gasteiger charge is 2.23. The third-order valence-electron chi connectivity index (χ3n) is 3.47. The second-order valence-corrected chi connectivity index (χ2v) is 6.08. The third kappa shape index (κ3) is 3.08. The van der Waals surface area contributed by atoms with Crippen LogP contribution in [0, 0.1) is 0 Å².